The maximum Gasteiger partial charge on any atom is 0.248 e. The largest absolute Gasteiger partial charge is 0.338 e. The summed E-state index contributed by atoms with van der Waals surface area (Å²) in [6, 6.07) is 21.2. The number of aromatic nitrogens is 2. The van der Waals surface area contributed by atoms with E-state index in [1.165, 1.54) is 18.2 Å². The molecule has 27 heavy (non-hydrogen) atoms. The van der Waals surface area contributed by atoms with Gasteiger partial charge in [0.15, 0.2) is 0 Å². The summed E-state index contributed by atoms with van der Waals surface area (Å²) in [5.41, 5.74) is 4.27. The summed E-state index contributed by atoms with van der Waals surface area (Å²) >= 11 is 0. The molecule has 0 saturated heterocycles. The van der Waals surface area contributed by atoms with Crippen LogP contribution >= 0.6 is 0 Å². The van der Waals surface area contributed by atoms with Crippen molar-refractivity contribution in [3.63, 3.8) is 0 Å². The van der Waals surface area contributed by atoms with E-state index in [-0.39, 0.29) is 11.7 Å². The van der Waals surface area contributed by atoms with E-state index >= 15 is 0 Å². The van der Waals surface area contributed by atoms with Crippen LogP contribution in [0.25, 0.3) is 28.5 Å². The molecule has 0 saturated carbocycles. The van der Waals surface area contributed by atoms with E-state index < -0.39 is 0 Å². The van der Waals surface area contributed by atoms with Crippen LogP contribution in [0.5, 0.6) is 0 Å². The number of rotatable bonds is 4. The second-order valence-corrected chi connectivity index (χ2v) is 6.05. The molecule has 1 amide bonds. The minimum Gasteiger partial charge on any atom is -0.338 e. The Bertz CT molecular complexity index is 1080. The molecule has 3 aromatic carbocycles. The number of H-pyrrole nitrogens is 1. The molecule has 0 aliphatic heterocycles. The van der Waals surface area contributed by atoms with Gasteiger partial charge in [0.2, 0.25) is 5.91 Å². The minimum atomic E-state index is -0.304. The number of nitrogens with one attached hydrogen (secondary N) is 2. The Morgan fingerprint density at radius 1 is 0.963 bits per heavy atom. The molecule has 0 bridgehead atoms. The quantitative estimate of drug-likeness (QED) is 0.504. The van der Waals surface area contributed by atoms with Crippen LogP contribution < -0.4 is 5.32 Å². The first-order chi connectivity index (χ1) is 13.2. The molecule has 1 aromatic heterocycles. The highest BCUT2D eigenvalue weighted by Gasteiger charge is 2.05. The number of benzene rings is 3. The SMILES string of the molecule is O=C(/C=C/c1ccc(F)cc1)Nc1ccc(-c2nc3ccccc3[nH]2)cc1. The number of hydrogen-bond donors (Lipinski definition) is 2. The first-order valence-electron chi connectivity index (χ1n) is 8.47. The van der Waals surface area contributed by atoms with E-state index in [2.05, 4.69) is 15.3 Å². The smallest absolute Gasteiger partial charge is 0.248 e. The molecule has 1 heterocycles. The van der Waals surface area contributed by atoms with Gasteiger partial charge in [-0.15, -0.1) is 0 Å². The molecule has 0 fully saturated rings. The molecule has 0 unspecified atom stereocenters. The van der Waals surface area contributed by atoms with Crippen LogP contribution in [0.15, 0.2) is 78.9 Å². The van der Waals surface area contributed by atoms with Gasteiger partial charge in [-0.1, -0.05) is 24.3 Å². The summed E-state index contributed by atoms with van der Waals surface area (Å²) in [6.07, 6.45) is 3.05. The molecular weight excluding hydrogens is 341 g/mol. The molecule has 2 N–H and O–H groups in total. The fourth-order valence-corrected chi connectivity index (χ4v) is 2.73. The second-order valence-electron chi connectivity index (χ2n) is 6.05. The number of nitrogens with zero attached hydrogens (tertiary/aromatic N) is 1. The van der Waals surface area contributed by atoms with Gasteiger partial charge in [-0.2, -0.15) is 0 Å². The highest BCUT2D eigenvalue weighted by Crippen LogP contribution is 2.22. The lowest BCUT2D eigenvalue weighted by molar-refractivity contribution is -0.111. The summed E-state index contributed by atoms with van der Waals surface area (Å²) in [5.74, 6) is 0.224. The summed E-state index contributed by atoms with van der Waals surface area (Å²) in [7, 11) is 0. The summed E-state index contributed by atoms with van der Waals surface area (Å²) in [6.45, 7) is 0. The van der Waals surface area contributed by atoms with Crippen molar-refractivity contribution in [2.75, 3.05) is 5.32 Å². The van der Waals surface area contributed by atoms with Crippen molar-refractivity contribution < 1.29 is 9.18 Å². The molecule has 4 nitrogen and oxygen atoms in total. The monoisotopic (exact) mass is 357 g/mol. The van der Waals surface area contributed by atoms with E-state index in [9.17, 15) is 9.18 Å². The minimum absolute atomic E-state index is 0.254. The number of carbonyl (C=O) groups excluding carboxylic acids is 1. The van der Waals surface area contributed by atoms with Gasteiger partial charge >= 0.3 is 0 Å². The molecule has 4 rings (SSSR count). The molecule has 0 spiro atoms. The summed E-state index contributed by atoms with van der Waals surface area (Å²) in [4.78, 5) is 19.9. The number of imidazole rings is 1. The highest BCUT2D eigenvalue weighted by atomic mass is 19.1. The van der Waals surface area contributed by atoms with Crippen LogP contribution in [0.2, 0.25) is 0 Å². The molecule has 132 valence electrons. The Labute approximate surface area is 155 Å². The van der Waals surface area contributed by atoms with E-state index in [0.29, 0.717) is 5.69 Å². The van der Waals surface area contributed by atoms with Crippen LogP contribution in [-0.2, 0) is 4.79 Å². The van der Waals surface area contributed by atoms with Crippen LogP contribution in [-0.4, -0.2) is 15.9 Å². The van der Waals surface area contributed by atoms with Crippen LogP contribution in [0.4, 0.5) is 10.1 Å². The number of carbonyl (C=O) groups is 1. The Hall–Kier alpha value is -3.73. The fourth-order valence-electron chi connectivity index (χ4n) is 2.73. The Morgan fingerprint density at radius 2 is 1.70 bits per heavy atom. The number of para-hydroxylation sites is 2. The zero-order chi connectivity index (χ0) is 18.6. The Morgan fingerprint density at radius 3 is 2.44 bits per heavy atom. The third kappa shape index (κ3) is 3.93. The van der Waals surface area contributed by atoms with Crippen molar-refractivity contribution in [2.45, 2.75) is 0 Å². The summed E-state index contributed by atoms with van der Waals surface area (Å²) < 4.78 is 12.9. The van der Waals surface area contributed by atoms with Crippen LogP contribution in [0.1, 0.15) is 5.56 Å². The molecule has 0 atom stereocenters. The van der Waals surface area contributed by atoms with Crippen molar-refractivity contribution in [3.05, 3.63) is 90.3 Å². The van der Waals surface area contributed by atoms with Gasteiger partial charge in [-0.3, -0.25) is 4.79 Å². The Kier molecular flexibility index (Phi) is 4.49. The zero-order valence-corrected chi connectivity index (χ0v) is 14.3. The van der Waals surface area contributed by atoms with E-state index in [1.807, 2.05) is 48.5 Å². The standard InChI is InChI=1S/C22H16FN3O/c23-17-10-5-15(6-11-17)7-14-21(27)24-18-12-8-16(9-13-18)22-25-19-3-1-2-4-20(19)26-22/h1-14H,(H,24,27)(H,25,26)/b14-7+. The van der Waals surface area contributed by atoms with Gasteiger partial charge in [0.25, 0.3) is 0 Å². The van der Waals surface area contributed by atoms with Crippen molar-refractivity contribution in [3.8, 4) is 11.4 Å². The van der Waals surface area contributed by atoms with E-state index in [1.54, 1.807) is 18.2 Å². The van der Waals surface area contributed by atoms with E-state index in [4.69, 9.17) is 0 Å². The number of halogens is 1. The van der Waals surface area contributed by atoms with Gasteiger partial charge in [0, 0.05) is 17.3 Å². The van der Waals surface area contributed by atoms with Crippen molar-refractivity contribution >= 4 is 28.7 Å². The number of fused-ring (bicyclic) bond motifs is 1. The lowest BCUT2D eigenvalue weighted by Crippen LogP contribution is -2.07. The van der Waals surface area contributed by atoms with Gasteiger partial charge in [-0.05, 0) is 60.2 Å². The maximum absolute atomic E-state index is 12.9. The van der Waals surface area contributed by atoms with Crippen LogP contribution in [0, 0.1) is 5.82 Å². The molecule has 0 aliphatic carbocycles. The number of amides is 1. The van der Waals surface area contributed by atoms with Crippen molar-refractivity contribution in [1.29, 1.82) is 0 Å². The topological polar surface area (TPSA) is 57.8 Å². The first kappa shape index (κ1) is 16.7. The maximum atomic E-state index is 12.9. The lowest BCUT2D eigenvalue weighted by Gasteiger charge is -2.03. The first-order valence-corrected chi connectivity index (χ1v) is 8.47. The average molecular weight is 357 g/mol. The normalized spacial score (nSPS) is 11.1. The number of hydrogen-bond acceptors (Lipinski definition) is 2. The van der Waals surface area contributed by atoms with E-state index in [0.717, 1.165) is 28.0 Å². The molecule has 4 aromatic rings. The summed E-state index contributed by atoms with van der Waals surface area (Å²) in [5, 5.41) is 2.80. The predicted molar refractivity (Wildman–Crippen MR) is 106 cm³/mol. The van der Waals surface area contributed by atoms with Crippen LogP contribution in [0.3, 0.4) is 0 Å². The predicted octanol–water partition coefficient (Wildman–Crippen LogP) is 5.02. The number of anilines is 1. The molecule has 0 radical (unpaired) electrons. The molecule has 5 heteroatoms. The van der Waals surface area contributed by atoms with Gasteiger partial charge < -0.3 is 10.3 Å². The Balaban J connectivity index is 1.44. The second kappa shape index (κ2) is 7.25. The van der Waals surface area contributed by atoms with Gasteiger partial charge in [0.05, 0.1) is 11.0 Å². The van der Waals surface area contributed by atoms with Gasteiger partial charge in [0.1, 0.15) is 11.6 Å². The molecular formula is C22H16FN3O. The highest BCUT2D eigenvalue weighted by molar-refractivity contribution is 6.02. The van der Waals surface area contributed by atoms with Crippen molar-refractivity contribution in [1.82, 2.24) is 9.97 Å². The van der Waals surface area contributed by atoms with Gasteiger partial charge in [-0.25, -0.2) is 9.37 Å². The van der Waals surface area contributed by atoms with Crippen molar-refractivity contribution in [2.24, 2.45) is 0 Å². The zero-order valence-electron chi connectivity index (χ0n) is 14.3. The fraction of sp³-hybridized carbons (Fsp3) is 0. The number of aromatic amines is 1. The average Bonchev–Trinajstić information content (AvgIpc) is 3.12. The third-order valence-electron chi connectivity index (χ3n) is 4.11. The lowest BCUT2D eigenvalue weighted by atomic mass is 10.2. The molecule has 0 aliphatic rings. The third-order valence-corrected chi connectivity index (χ3v) is 4.11.